The summed E-state index contributed by atoms with van der Waals surface area (Å²) in [6.45, 7) is 2.74. The molecule has 1 heterocycles. The average Bonchev–Trinajstić information content (AvgIpc) is 2.41. The molecule has 2 aromatic rings. The van der Waals surface area contributed by atoms with Crippen molar-refractivity contribution in [3.63, 3.8) is 0 Å². The minimum Gasteiger partial charge on any atom is -0.329 e. The van der Waals surface area contributed by atoms with Crippen LogP contribution in [0.1, 0.15) is 11.3 Å². The van der Waals surface area contributed by atoms with Crippen molar-refractivity contribution >= 4 is 23.1 Å². The number of rotatable bonds is 4. The molecule has 0 spiro atoms. The van der Waals surface area contributed by atoms with Gasteiger partial charge in [0.05, 0.1) is 10.7 Å². The fourth-order valence-corrected chi connectivity index (χ4v) is 2.09. The van der Waals surface area contributed by atoms with Crippen molar-refractivity contribution in [1.82, 2.24) is 10.3 Å². The van der Waals surface area contributed by atoms with E-state index in [0.717, 1.165) is 17.2 Å². The highest BCUT2D eigenvalue weighted by Gasteiger charge is 2.08. The first kappa shape index (κ1) is 13.8. The predicted octanol–water partition coefficient (Wildman–Crippen LogP) is 3.53. The van der Waals surface area contributed by atoms with E-state index in [1.165, 1.54) is 5.56 Å². The molecule has 1 N–H and O–H groups in total. The van der Waals surface area contributed by atoms with E-state index in [1.54, 1.807) is 0 Å². The van der Waals surface area contributed by atoms with Crippen molar-refractivity contribution in [3.05, 3.63) is 52.7 Å². The number of hydrogen-bond donors (Lipinski definition) is 1. The van der Waals surface area contributed by atoms with Crippen LogP contribution in [-0.4, -0.2) is 19.1 Å². The Morgan fingerprint density at radius 3 is 2.74 bits per heavy atom. The number of aromatic nitrogens is 1. The fraction of sp³-hybridized carbons (Fsp3) is 0.267. The molecule has 100 valence electrons. The van der Waals surface area contributed by atoms with Gasteiger partial charge in [0, 0.05) is 19.3 Å². The van der Waals surface area contributed by atoms with Crippen LogP contribution in [-0.2, 0) is 6.54 Å². The van der Waals surface area contributed by atoms with Crippen molar-refractivity contribution in [2.24, 2.45) is 0 Å². The van der Waals surface area contributed by atoms with E-state index < -0.39 is 0 Å². The maximum Gasteiger partial charge on any atom is 0.133 e. The fourth-order valence-electron chi connectivity index (χ4n) is 1.92. The number of nitrogens with zero attached hydrogens (tertiary/aromatic N) is 2. The number of nitrogens with one attached hydrogen (secondary N) is 1. The van der Waals surface area contributed by atoms with Crippen molar-refractivity contribution in [1.29, 1.82) is 0 Å². The Labute approximate surface area is 119 Å². The van der Waals surface area contributed by atoms with Crippen LogP contribution in [0.2, 0.25) is 5.02 Å². The summed E-state index contributed by atoms with van der Waals surface area (Å²) in [4.78, 5) is 6.66. The average molecular weight is 276 g/mol. The molecule has 2 rings (SSSR count). The molecule has 0 aliphatic carbocycles. The lowest BCUT2D eigenvalue weighted by Gasteiger charge is -2.20. The highest BCUT2D eigenvalue weighted by molar-refractivity contribution is 6.31. The van der Waals surface area contributed by atoms with Crippen LogP contribution >= 0.6 is 11.6 Å². The Bertz CT molecular complexity index is 569. The number of hydrogen-bond acceptors (Lipinski definition) is 3. The lowest BCUT2D eigenvalue weighted by atomic mass is 10.2. The Hall–Kier alpha value is -1.58. The maximum atomic E-state index is 6.13. The van der Waals surface area contributed by atoms with E-state index in [4.69, 9.17) is 11.6 Å². The Morgan fingerprint density at radius 2 is 2.05 bits per heavy atom. The molecule has 0 radical (unpaired) electrons. The van der Waals surface area contributed by atoms with Gasteiger partial charge in [-0.15, -0.1) is 0 Å². The van der Waals surface area contributed by atoms with Gasteiger partial charge in [-0.05, 0) is 43.8 Å². The monoisotopic (exact) mass is 275 g/mol. The maximum absolute atomic E-state index is 6.13. The van der Waals surface area contributed by atoms with Gasteiger partial charge in [0.25, 0.3) is 0 Å². The van der Waals surface area contributed by atoms with Crippen LogP contribution in [0, 0.1) is 6.92 Å². The molecule has 0 amide bonds. The van der Waals surface area contributed by atoms with Gasteiger partial charge in [0.15, 0.2) is 0 Å². The van der Waals surface area contributed by atoms with Crippen molar-refractivity contribution < 1.29 is 0 Å². The molecule has 0 aliphatic rings. The van der Waals surface area contributed by atoms with Gasteiger partial charge in [-0.3, -0.25) is 0 Å². The third-order valence-electron chi connectivity index (χ3n) is 2.98. The Morgan fingerprint density at radius 1 is 1.26 bits per heavy atom. The second-order valence-corrected chi connectivity index (χ2v) is 4.93. The molecule has 1 aromatic heterocycles. The summed E-state index contributed by atoms with van der Waals surface area (Å²) in [7, 11) is 3.89. The molecular weight excluding hydrogens is 258 g/mol. The van der Waals surface area contributed by atoms with Gasteiger partial charge >= 0.3 is 0 Å². The van der Waals surface area contributed by atoms with Crippen molar-refractivity contribution in [2.75, 3.05) is 19.0 Å². The van der Waals surface area contributed by atoms with E-state index in [9.17, 15) is 0 Å². The molecule has 0 bridgehead atoms. The molecule has 0 atom stereocenters. The number of aryl methyl sites for hydroxylation is 1. The molecule has 4 heteroatoms. The quantitative estimate of drug-likeness (QED) is 0.925. The van der Waals surface area contributed by atoms with Crippen LogP contribution in [0.5, 0.6) is 0 Å². The van der Waals surface area contributed by atoms with E-state index in [0.29, 0.717) is 11.6 Å². The van der Waals surface area contributed by atoms with Crippen molar-refractivity contribution in [2.45, 2.75) is 13.5 Å². The third kappa shape index (κ3) is 3.25. The molecule has 0 unspecified atom stereocenters. The zero-order valence-corrected chi connectivity index (χ0v) is 12.2. The van der Waals surface area contributed by atoms with E-state index >= 15 is 0 Å². The van der Waals surface area contributed by atoms with Crippen LogP contribution in [0.25, 0.3) is 0 Å². The largest absolute Gasteiger partial charge is 0.329 e. The second kappa shape index (κ2) is 6.04. The van der Waals surface area contributed by atoms with Crippen LogP contribution < -0.4 is 10.2 Å². The lowest BCUT2D eigenvalue weighted by Crippen LogP contribution is -2.14. The highest BCUT2D eigenvalue weighted by Crippen LogP contribution is 2.25. The first-order valence-electron chi connectivity index (χ1n) is 6.22. The van der Waals surface area contributed by atoms with Crippen molar-refractivity contribution in [3.8, 4) is 0 Å². The lowest BCUT2D eigenvalue weighted by molar-refractivity contribution is 0.790. The molecular formula is C15H18ClN3. The molecule has 0 fully saturated rings. The van der Waals surface area contributed by atoms with E-state index in [1.807, 2.05) is 32.3 Å². The topological polar surface area (TPSA) is 28.2 Å². The first-order valence-corrected chi connectivity index (χ1v) is 6.60. The smallest absolute Gasteiger partial charge is 0.133 e. The van der Waals surface area contributed by atoms with Gasteiger partial charge < -0.3 is 10.2 Å². The van der Waals surface area contributed by atoms with E-state index in [2.05, 4.69) is 40.3 Å². The SMILES string of the molecule is CNCc1nc(N(C)c2cccc(C)c2)ccc1Cl. The van der Waals surface area contributed by atoms with Gasteiger partial charge in [-0.2, -0.15) is 0 Å². The van der Waals surface area contributed by atoms with Crippen LogP contribution in [0.4, 0.5) is 11.5 Å². The minimum absolute atomic E-state index is 0.661. The minimum atomic E-state index is 0.661. The number of benzene rings is 1. The standard InChI is InChI=1S/C15H18ClN3/c1-11-5-4-6-12(9-11)19(3)15-8-7-13(16)14(18-15)10-17-2/h4-9,17H,10H2,1-3H3. The zero-order chi connectivity index (χ0) is 13.8. The van der Waals surface area contributed by atoms with Gasteiger partial charge in [-0.1, -0.05) is 23.7 Å². The molecule has 0 aliphatic heterocycles. The summed E-state index contributed by atoms with van der Waals surface area (Å²) >= 11 is 6.13. The molecule has 1 aromatic carbocycles. The van der Waals surface area contributed by atoms with Gasteiger partial charge in [0.1, 0.15) is 5.82 Å². The highest BCUT2D eigenvalue weighted by atomic mass is 35.5. The molecule has 0 saturated carbocycles. The predicted molar refractivity (Wildman–Crippen MR) is 81.3 cm³/mol. The summed E-state index contributed by atoms with van der Waals surface area (Å²) in [6.07, 6.45) is 0. The second-order valence-electron chi connectivity index (χ2n) is 4.53. The third-order valence-corrected chi connectivity index (χ3v) is 3.32. The number of anilines is 2. The Balaban J connectivity index is 2.33. The number of pyridine rings is 1. The Kier molecular flexibility index (Phi) is 4.40. The van der Waals surface area contributed by atoms with Gasteiger partial charge in [-0.25, -0.2) is 4.98 Å². The van der Waals surface area contributed by atoms with Crippen LogP contribution in [0.3, 0.4) is 0 Å². The summed E-state index contributed by atoms with van der Waals surface area (Å²) in [5, 5.41) is 3.76. The summed E-state index contributed by atoms with van der Waals surface area (Å²) in [5.74, 6) is 0.889. The summed E-state index contributed by atoms with van der Waals surface area (Å²) in [5.41, 5.74) is 3.21. The molecule has 3 nitrogen and oxygen atoms in total. The van der Waals surface area contributed by atoms with Crippen LogP contribution in [0.15, 0.2) is 36.4 Å². The summed E-state index contributed by atoms with van der Waals surface area (Å²) in [6, 6.07) is 12.2. The summed E-state index contributed by atoms with van der Waals surface area (Å²) < 4.78 is 0. The van der Waals surface area contributed by atoms with E-state index in [-0.39, 0.29) is 0 Å². The number of halogens is 1. The first-order chi connectivity index (χ1) is 9.11. The molecule has 19 heavy (non-hydrogen) atoms. The van der Waals surface area contributed by atoms with Gasteiger partial charge in [0.2, 0.25) is 0 Å². The zero-order valence-electron chi connectivity index (χ0n) is 11.4. The normalized spacial score (nSPS) is 10.5. The molecule has 0 saturated heterocycles.